The number of rotatable bonds is 6. The van der Waals surface area contributed by atoms with E-state index in [9.17, 15) is 18.0 Å². The molecule has 0 bridgehead atoms. The molecule has 1 aliphatic rings. The number of alkyl halides is 3. The predicted octanol–water partition coefficient (Wildman–Crippen LogP) is 3.33. The van der Waals surface area contributed by atoms with Gasteiger partial charge in [0.25, 0.3) is 0 Å². The SMILES string of the molecule is COCc1nc2nc(CN3CC(CCC(F)(F)F)CC3=O)n(Cl)c2s1. The number of carbonyl (C=O) groups is 1. The van der Waals surface area contributed by atoms with Crippen LogP contribution in [0.1, 0.15) is 30.1 Å². The normalized spacial score (nSPS) is 18.7. The molecular formula is C14H16ClF3N4O2S. The minimum Gasteiger partial charge on any atom is -0.378 e. The Morgan fingerprint density at radius 1 is 1.40 bits per heavy atom. The van der Waals surface area contributed by atoms with Gasteiger partial charge in [0.05, 0.1) is 13.2 Å². The van der Waals surface area contributed by atoms with Crippen LogP contribution in [0.2, 0.25) is 0 Å². The topological polar surface area (TPSA) is 60.3 Å². The Morgan fingerprint density at radius 2 is 2.16 bits per heavy atom. The number of hydrogen-bond donors (Lipinski definition) is 0. The van der Waals surface area contributed by atoms with Crippen molar-refractivity contribution in [2.45, 2.75) is 38.6 Å². The first-order valence-electron chi connectivity index (χ1n) is 7.63. The third-order valence-corrected chi connectivity index (χ3v) is 5.47. The van der Waals surface area contributed by atoms with Gasteiger partial charge in [0.1, 0.15) is 10.8 Å². The molecule has 6 nitrogen and oxygen atoms in total. The molecule has 0 aliphatic carbocycles. The highest BCUT2D eigenvalue weighted by molar-refractivity contribution is 7.18. The fraction of sp³-hybridized carbons (Fsp3) is 0.643. The quantitative estimate of drug-likeness (QED) is 0.751. The monoisotopic (exact) mass is 396 g/mol. The molecule has 3 heterocycles. The Balaban J connectivity index is 1.66. The zero-order chi connectivity index (χ0) is 18.2. The zero-order valence-corrected chi connectivity index (χ0v) is 14.9. The highest BCUT2D eigenvalue weighted by atomic mass is 35.5. The lowest BCUT2D eigenvalue weighted by Gasteiger charge is -2.16. The van der Waals surface area contributed by atoms with Gasteiger partial charge in [-0.1, -0.05) is 11.3 Å². The summed E-state index contributed by atoms with van der Waals surface area (Å²) in [6, 6.07) is 0. The maximum absolute atomic E-state index is 12.3. The number of ether oxygens (including phenoxy) is 1. The average molecular weight is 397 g/mol. The van der Waals surface area contributed by atoms with Crippen LogP contribution >= 0.6 is 23.1 Å². The van der Waals surface area contributed by atoms with Crippen LogP contribution in [-0.4, -0.2) is 44.7 Å². The van der Waals surface area contributed by atoms with Crippen LogP contribution in [-0.2, 0) is 22.7 Å². The van der Waals surface area contributed by atoms with Crippen LogP contribution < -0.4 is 0 Å². The van der Waals surface area contributed by atoms with Crippen molar-refractivity contribution in [2.24, 2.45) is 5.92 Å². The molecule has 0 radical (unpaired) electrons. The van der Waals surface area contributed by atoms with Crippen LogP contribution in [0.5, 0.6) is 0 Å². The van der Waals surface area contributed by atoms with Gasteiger partial charge in [-0.05, 0) is 12.3 Å². The molecule has 0 aromatic carbocycles. The summed E-state index contributed by atoms with van der Waals surface area (Å²) in [7, 11) is 1.56. The molecule has 0 N–H and O–H groups in total. The van der Waals surface area contributed by atoms with Crippen molar-refractivity contribution < 1.29 is 22.7 Å². The molecule has 0 spiro atoms. The molecule has 1 unspecified atom stereocenters. The lowest BCUT2D eigenvalue weighted by Crippen LogP contribution is -2.26. The van der Waals surface area contributed by atoms with E-state index in [1.54, 1.807) is 7.11 Å². The number of amides is 1. The van der Waals surface area contributed by atoms with Crippen molar-refractivity contribution in [3.8, 4) is 0 Å². The van der Waals surface area contributed by atoms with Crippen molar-refractivity contribution >= 4 is 39.5 Å². The first-order chi connectivity index (χ1) is 11.8. The maximum atomic E-state index is 12.3. The largest absolute Gasteiger partial charge is 0.389 e. The van der Waals surface area contributed by atoms with E-state index in [0.717, 1.165) is 5.01 Å². The number of carbonyl (C=O) groups excluding carboxylic acids is 1. The van der Waals surface area contributed by atoms with Crippen molar-refractivity contribution in [1.82, 2.24) is 19.0 Å². The van der Waals surface area contributed by atoms with E-state index in [-0.39, 0.29) is 37.8 Å². The van der Waals surface area contributed by atoms with Crippen molar-refractivity contribution in [3.63, 3.8) is 0 Å². The lowest BCUT2D eigenvalue weighted by atomic mass is 10.0. The number of nitrogens with zero attached hydrogens (tertiary/aromatic N) is 4. The van der Waals surface area contributed by atoms with Crippen LogP contribution in [0.15, 0.2) is 0 Å². The lowest BCUT2D eigenvalue weighted by molar-refractivity contribution is -0.137. The summed E-state index contributed by atoms with van der Waals surface area (Å²) >= 11 is 7.59. The highest BCUT2D eigenvalue weighted by Crippen LogP contribution is 2.31. The molecule has 138 valence electrons. The molecule has 1 amide bonds. The summed E-state index contributed by atoms with van der Waals surface area (Å²) in [5.74, 6) is -0.0205. The Hall–Kier alpha value is -1.39. The molecule has 25 heavy (non-hydrogen) atoms. The van der Waals surface area contributed by atoms with Gasteiger partial charge < -0.3 is 9.64 Å². The smallest absolute Gasteiger partial charge is 0.378 e. The first-order valence-corrected chi connectivity index (χ1v) is 8.79. The van der Waals surface area contributed by atoms with Gasteiger partial charge in [0, 0.05) is 38.3 Å². The third-order valence-electron chi connectivity index (χ3n) is 4.01. The molecule has 3 rings (SSSR count). The van der Waals surface area contributed by atoms with E-state index >= 15 is 0 Å². The molecule has 1 aliphatic heterocycles. The number of halogens is 4. The van der Waals surface area contributed by atoms with E-state index in [1.807, 2.05) is 0 Å². The summed E-state index contributed by atoms with van der Waals surface area (Å²) < 4.78 is 43.3. The maximum Gasteiger partial charge on any atom is 0.389 e. The summed E-state index contributed by atoms with van der Waals surface area (Å²) in [5, 5.41) is 0.741. The summed E-state index contributed by atoms with van der Waals surface area (Å²) in [4.78, 5) is 22.8. The fourth-order valence-electron chi connectivity index (χ4n) is 2.85. The number of imidazole rings is 1. The second-order valence-electron chi connectivity index (χ2n) is 5.98. The minimum absolute atomic E-state index is 0.0436. The van der Waals surface area contributed by atoms with E-state index in [2.05, 4.69) is 9.97 Å². The Morgan fingerprint density at radius 3 is 2.80 bits per heavy atom. The van der Waals surface area contributed by atoms with Crippen molar-refractivity contribution in [1.29, 1.82) is 0 Å². The Labute approximate surface area is 150 Å². The molecule has 11 heteroatoms. The van der Waals surface area contributed by atoms with Gasteiger partial charge in [-0.25, -0.2) is 14.1 Å². The summed E-state index contributed by atoms with van der Waals surface area (Å²) in [5.41, 5.74) is 0.474. The number of methoxy groups -OCH3 is 1. The number of hydrogen-bond acceptors (Lipinski definition) is 5. The molecular weight excluding hydrogens is 381 g/mol. The van der Waals surface area contributed by atoms with Crippen LogP contribution in [0.25, 0.3) is 10.5 Å². The molecule has 0 saturated carbocycles. The van der Waals surface area contributed by atoms with Gasteiger partial charge in [-0.3, -0.25) is 4.79 Å². The van der Waals surface area contributed by atoms with Gasteiger partial charge in [-0.15, -0.1) is 0 Å². The van der Waals surface area contributed by atoms with E-state index in [1.165, 1.54) is 20.3 Å². The standard InChI is InChI=1S/C14H16ClF3N4O2S/c1-24-7-10-20-12-13(25-10)22(15)9(19-12)6-21-5-8(4-11(21)23)2-3-14(16,17)18/h8H,2-7H2,1H3. The van der Waals surface area contributed by atoms with Crippen molar-refractivity contribution in [3.05, 3.63) is 10.8 Å². The van der Waals surface area contributed by atoms with Gasteiger partial charge >= 0.3 is 6.18 Å². The van der Waals surface area contributed by atoms with Gasteiger partial charge in [-0.2, -0.15) is 13.2 Å². The molecule has 2 aromatic rings. The number of thiazole rings is 1. The number of likely N-dealkylation sites (tertiary alicyclic amines) is 1. The van der Waals surface area contributed by atoms with Crippen LogP contribution in [0.4, 0.5) is 13.2 Å². The zero-order valence-electron chi connectivity index (χ0n) is 13.3. The first kappa shape index (κ1) is 18.4. The Bertz CT molecular complexity index is 776. The summed E-state index contributed by atoms with van der Waals surface area (Å²) in [6.45, 7) is 0.806. The Kier molecular flexibility index (Phi) is 5.21. The molecule has 1 saturated heterocycles. The third kappa shape index (κ3) is 4.24. The van der Waals surface area contributed by atoms with Crippen LogP contribution in [0, 0.1) is 5.92 Å². The minimum atomic E-state index is -4.20. The molecule has 2 aromatic heterocycles. The van der Waals surface area contributed by atoms with E-state index < -0.39 is 12.6 Å². The average Bonchev–Trinajstić information content (AvgIpc) is 3.14. The molecule has 1 fully saturated rings. The summed E-state index contributed by atoms with van der Waals surface area (Å²) in [6.07, 6.45) is -4.98. The van der Waals surface area contributed by atoms with E-state index in [0.29, 0.717) is 22.9 Å². The van der Waals surface area contributed by atoms with E-state index in [4.69, 9.17) is 16.5 Å². The second-order valence-corrected chi connectivity index (χ2v) is 7.38. The van der Waals surface area contributed by atoms with Crippen molar-refractivity contribution in [2.75, 3.05) is 13.7 Å². The second kappa shape index (κ2) is 7.08. The van der Waals surface area contributed by atoms with Gasteiger partial charge in [0.2, 0.25) is 5.91 Å². The number of aromatic nitrogens is 3. The predicted molar refractivity (Wildman–Crippen MR) is 86.2 cm³/mol. The van der Waals surface area contributed by atoms with Crippen LogP contribution in [0.3, 0.4) is 0 Å². The number of fused-ring (bicyclic) bond motifs is 1. The van der Waals surface area contributed by atoms with Gasteiger partial charge in [0.15, 0.2) is 10.5 Å². The molecule has 1 atom stereocenters. The highest BCUT2D eigenvalue weighted by Gasteiger charge is 2.34. The fourth-order valence-corrected chi connectivity index (χ4v) is 4.02.